The Morgan fingerprint density at radius 3 is 1.91 bits per heavy atom. The monoisotopic (exact) mass is 473 g/mol. The first-order valence-corrected chi connectivity index (χ1v) is 12.3. The van der Waals surface area contributed by atoms with Crippen molar-refractivity contribution in [3.05, 3.63) is 96.1 Å². The highest BCUT2D eigenvalue weighted by Crippen LogP contribution is 2.39. The van der Waals surface area contributed by atoms with Crippen LogP contribution in [0.4, 0.5) is 5.69 Å². The standard InChI is InChI=1S/C31H39NO3/c1-23(24-15-10-8-11-16-24)32(26-18-12-9-13-19-26)28(22-29(33)35-31(5,6)7)25-17-14-20-27(21-25)34-30(2,3)4/h8-21,23,28H,22H2,1-7H3/t23-,28?/m1/s1. The van der Waals surface area contributed by atoms with Crippen molar-refractivity contribution in [1.82, 2.24) is 0 Å². The SMILES string of the molecule is C[C@H](c1ccccc1)N(c1ccccc1)C(CC(=O)OC(C)(C)C)c1cccc(OC(C)(C)C)c1. The number of esters is 1. The van der Waals surface area contributed by atoms with Crippen LogP contribution in [-0.2, 0) is 9.53 Å². The third kappa shape index (κ3) is 7.88. The molecule has 186 valence electrons. The van der Waals surface area contributed by atoms with Gasteiger partial charge in [0.1, 0.15) is 17.0 Å². The number of hydrogen-bond acceptors (Lipinski definition) is 4. The zero-order chi connectivity index (χ0) is 25.6. The van der Waals surface area contributed by atoms with E-state index < -0.39 is 5.60 Å². The molecular weight excluding hydrogens is 434 g/mol. The van der Waals surface area contributed by atoms with Gasteiger partial charge in [-0.25, -0.2) is 0 Å². The summed E-state index contributed by atoms with van der Waals surface area (Å²) in [6, 6.07) is 28.5. The minimum Gasteiger partial charge on any atom is -0.488 e. The Morgan fingerprint density at radius 1 is 0.771 bits per heavy atom. The summed E-state index contributed by atoms with van der Waals surface area (Å²) in [7, 11) is 0. The number of carbonyl (C=O) groups is 1. The van der Waals surface area contributed by atoms with Crippen molar-refractivity contribution in [2.24, 2.45) is 0 Å². The van der Waals surface area contributed by atoms with Crippen molar-refractivity contribution in [2.75, 3.05) is 4.90 Å². The van der Waals surface area contributed by atoms with Crippen molar-refractivity contribution < 1.29 is 14.3 Å². The van der Waals surface area contributed by atoms with Gasteiger partial charge in [-0.3, -0.25) is 4.79 Å². The van der Waals surface area contributed by atoms with Gasteiger partial charge in [0, 0.05) is 5.69 Å². The zero-order valence-corrected chi connectivity index (χ0v) is 22.1. The van der Waals surface area contributed by atoms with Gasteiger partial charge in [0.25, 0.3) is 0 Å². The van der Waals surface area contributed by atoms with Crippen LogP contribution in [0.25, 0.3) is 0 Å². The molecule has 2 atom stereocenters. The van der Waals surface area contributed by atoms with Gasteiger partial charge >= 0.3 is 5.97 Å². The summed E-state index contributed by atoms with van der Waals surface area (Å²) in [5.41, 5.74) is 2.34. The Labute approximate surface area is 210 Å². The number of benzene rings is 3. The molecule has 1 unspecified atom stereocenters. The van der Waals surface area contributed by atoms with E-state index in [0.717, 1.165) is 17.0 Å². The summed E-state index contributed by atoms with van der Waals surface area (Å²) < 4.78 is 11.9. The van der Waals surface area contributed by atoms with Crippen molar-refractivity contribution in [3.8, 4) is 5.75 Å². The highest BCUT2D eigenvalue weighted by Gasteiger charge is 2.31. The molecule has 4 heteroatoms. The van der Waals surface area contributed by atoms with Gasteiger partial charge < -0.3 is 14.4 Å². The molecule has 0 saturated heterocycles. The maximum absolute atomic E-state index is 13.2. The lowest BCUT2D eigenvalue weighted by Gasteiger charge is -2.39. The first-order chi connectivity index (χ1) is 16.4. The van der Waals surface area contributed by atoms with Gasteiger partial charge in [0.05, 0.1) is 18.5 Å². The normalized spacial score (nSPS) is 13.6. The number of rotatable bonds is 8. The van der Waals surface area contributed by atoms with Gasteiger partial charge in [0.2, 0.25) is 0 Å². The second-order valence-electron chi connectivity index (χ2n) is 10.9. The van der Waals surface area contributed by atoms with Crippen LogP contribution in [0, 0.1) is 0 Å². The largest absolute Gasteiger partial charge is 0.488 e. The van der Waals surface area contributed by atoms with Crippen molar-refractivity contribution in [3.63, 3.8) is 0 Å². The lowest BCUT2D eigenvalue weighted by molar-refractivity contribution is -0.155. The number of hydrogen-bond donors (Lipinski definition) is 0. The van der Waals surface area contributed by atoms with Crippen LogP contribution in [0.2, 0.25) is 0 Å². The third-order valence-corrected chi connectivity index (χ3v) is 5.54. The van der Waals surface area contributed by atoms with Gasteiger partial charge in [-0.15, -0.1) is 0 Å². The summed E-state index contributed by atoms with van der Waals surface area (Å²) in [5.74, 6) is 0.551. The lowest BCUT2D eigenvalue weighted by atomic mass is 9.96. The molecule has 0 amide bonds. The van der Waals surface area contributed by atoms with Gasteiger partial charge in [0.15, 0.2) is 0 Å². The van der Waals surface area contributed by atoms with E-state index in [9.17, 15) is 4.79 Å². The Hall–Kier alpha value is -3.27. The smallest absolute Gasteiger partial charge is 0.308 e. The highest BCUT2D eigenvalue weighted by molar-refractivity contribution is 5.72. The van der Waals surface area contributed by atoms with E-state index in [1.54, 1.807) is 0 Å². The summed E-state index contributed by atoms with van der Waals surface area (Å²) in [5, 5.41) is 0. The predicted molar refractivity (Wildman–Crippen MR) is 144 cm³/mol. The van der Waals surface area contributed by atoms with E-state index in [1.165, 1.54) is 5.56 Å². The first-order valence-electron chi connectivity index (χ1n) is 12.3. The minimum absolute atomic E-state index is 0.0122. The van der Waals surface area contributed by atoms with E-state index in [-0.39, 0.29) is 30.1 Å². The Bertz CT molecular complexity index is 1080. The molecular formula is C31H39NO3. The Kier molecular flexibility index (Phi) is 8.26. The predicted octanol–water partition coefficient (Wildman–Crippen LogP) is 7.90. The second kappa shape index (κ2) is 11.0. The van der Waals surface area contributed by atoms with E-state index >= 15 is 0 Å². The molecule has 0 N–H and O–H groups in total. The molecule has 4 nitrogen and oxygen atoms in total. The molecule has 3 rings (SSSR count). The quantitative estimate of drug-likeness (QED) is 0.312. The van der Waals surface area contributed by atoms with E-state index in [4.69, 9.17) is 9.47 Å². The number of nitrogens with zero attached hydrogens (tertiary/aromatic N) is 1. The molecule has 0 bridgehead atoms. The molecule has 0 aromatic heterocycles. The molecule has 0 aliphatic rings. The molecule has 0 fully saturated rings. The Balaban J connectivity index is 2.11. The van der Waals surface area contributed by atoms with Crippen molar-refractivity contribution in [1.29, 1.82) is 0 Å². The molecule has 0 aliphatic carbocycles. The fourth-order valence-electron chi connectivity index (χ4n) is 4.22. The van der Waals surface area contributed by atoms with Crippen molar-refractivity contribution >= 4 is 11.7 Å². The second-order valence-corrected chi connectivity index (χ2v) is 10.9. The van der Waals surface area contributed by atoms with Crippen LogP contribution in [0.3, 0.4) is 0 Å². The van der Waals surface area contributed by atoms with Crippen LogP contribution < -0.4 is 9.64 Å². The lowest BCUT2D eigenvalue weighted by Crippen LogP contribution is -2.35. The van der Waals surface area contributed by atoms with E-state index in [1.807, 2.05) is 84.0 Å². The first kappa shape index (κ1) is 26.3. The number of anilines is 1. The van der Waals surface area contributed by atoms with E-state index in [2.05, 4.69) is 54.3 Å². The number of carbonyl (C=O) groups excluding carboxylic acids is 1. The van der Waals surface area contributed by atoms with Crippen molar-refractivity contribution in [2.45, 2.75) is 78.2 Å². The van der Waals surface area contributed by atoms with E-state index in [0.29, 0.717) is 0 Å². The maximum atomic E-state index is 13.2. The van der Waals surface area contributed by atoms with Gasteiger partial charge in [-0.1, -0.05) is 60.7 Å². The molecule has 35 heavy (non-hydrogen) atoms. The minimum atomic E-state index is -0.554. The molecule has 0 aliphatic heterocycles. The van der Waals surface area contributed by atoms with Crippen LogP contribution in [0.5, 0.6) is 5.75 Å². The topological polar surface area (TPSA) is 38.8 Å². The van der Waals surface area contributed by atoms with Crippen LogP contribution >= 0.6 is 0 Å². The zero-order valence-electron chi connectivity index (χ0n) is 22.1. The average molecular weight is 474 g/mol. The maximum Gasteiger partial charge on any atom is 0.308 e. The molecule has 0 heterocycles. The molecule has 3 aromatic rings. The fraction of sp³-hybridized carbons (Fsp3) is 0.387. The molecule has 0 radical (unpaired) electrons. The molecule has 0 saturated carbocycles. The van der Waals surface area contributed by atoms with Gasteiger partial charge in [-0.05, 0) is 83.9 Å². The Morgan fingerprint density at radius 2 is 1.34 bits per heavy atom. The summed E-state index contributed by atoms with van der Waals surface area (Å²) in [6.07, 6.45) is 0.211. The summed E-state index contributed by atoms with van der Waals surface area (Å²) in [4.78, 5) is 15.5. The van der Waals surface area contributed by atoms with Crippen LogP contribution in [0.1, 0.15) is 78.1 Å². The summed E-state index contributed by atoms with van der Waals surface area (Å²) in [6.45, 7) is 14.0. The van der Waals surface area contributed by atoms with Gasteiger partial charge in [-0.2, -0.15) is 0 Å². The molecule has 3 aromatic carbocycles. The number of para-hydroxylation sites is 1. The fourth-order valence-corrected chi connectivity index (χ4v) is 4.22. The number of ether oxygens (including phenoxy) is 2. The third-order valence-electron chi connectivity index (χ3n) is 5.54. The van der Waals surface area contributed by atoms with Crippen LogP contribution in [0.15, 0.2) is 84.9 Å². The average Bonchev–Trinajstić information content (AvgIpc) is 2.77. The van der Waals surface area contributed by atoms with Crippen LogP contribution in [-0.4, -0.2) is 17.2 Å². The molecule has 0 spiro atoms. The highest BCUT2D eigenvalue weighted by atomic mass is 16.6. The summed E-state index contributed by atoms with van der Waals surface area (Å²) >= 11 is 0.